The van der Waals surface area contributed by atoms with Crippen molar-refractivity contribution in [2.75, 3.05) is 5.32 Å². The van der Waals surface area contributed by atoms with E-state index >= 15 is 0 Å². The summed E-state index contributed by atoms with van der Waals surface area (Å²) in [5.74, 6) is -0.361. The number of benzene rings is 3. The number of rotatable bonds is 6. The molecule has 0 saturated carbocycles. The van der Waals surface area contributed by atoms with Gasteiger partial charge in [0.15, 0.2) is 0 Å². The van der Waals surface area contributed by atoms with E-state index in [4.69, 9.17) is 0 Å². The number of hydrogen-bond acceptors (Lipinski definition) is 2. The van der Waals surface area contributed by atoms with Crippen LogP contribution in [0, 0.1) is 13.8 Å². The van der Waals surface area contributed by atoms with Crippen molar-refractivity contribution >= 4 is 33.4 Å². The van der Waals surface area contributed by atoms with Gasteiger partial charge in [-0.3, -0.25) is 9.59 Å². The first-order valence-corrected chi connectivity index (χ1v) is 10.2. The van der Waals surface area contributed by atoms with Crippen LogP contribution in [-0.4, -0.2) is 11.8 Å². The van der Waals surface area contributed by atoms with Gasteiger partial charge >= 0.3 is 0 Å². The quantitative estimate of drug-likeness (QED) is 0.515. The summed E-state index contributed by atoms with van der Waals surface area (Å²) in [6, 6.07) is 21.9. The molecular formula is C24H23BrN2O2. The lowest BCUT2D eigenvalue weighted by atomic mass is 10.0. The summed E-state index contributed by atoms with van der Waals surface area (Å²) in [6.07, 6.45) is 0.136. The van der Waals surface area contributed by atoms with Crippen LogP contribution in [0.1, 0.15) is 39.5 Å². The predicted octanol–water partition coefficient (Wildman–Crippen LogP) is 5.57. The third-order valence-corrected chi connectivity index (χ3v) is 5.79. The molecule has 29 heavy (non-hydrogen) atoms. The van der Waals surface area contributed by atoms with Crippen molar-refractivity contribution in [3.8, 4) is 0 Å². The maximum atomic E-state index is 12.8. The topological polar surface area (TPSA) is 58.2 Å². The molecule has 0 fully saturated rings. The molecule has 0 aliphatic carbocycles. The third-order valence-electron chi connectivity index (χ3n) is 4.93. The van der Waals surface area contributed by atoms with Gasteiger partial charge in [0.05, 0.1) is 12.5 Å². The normalized spacial score (nSPS) is 11.6. The number of anilines is 1. The van der Waals surface area contributed by atoms with E-state index in [1.54, 1.807) is 12.1 Å². The van der Waals surface area contributed by atoms with Gasteiger partial charge in [-0.2, -0.15) is 0 Å². The van der Waals surface area contributed by atoms with E-state index in [2.05, 4.69) is 26.6 Å². The van der Waals surface area contributed by atoms with Gasteiger partial charge in [-0.25, -0.2) is 0 Å². The van der Waals surface area contributed by atoms with E-state index in [1.807, 2.05) is 74.5 Å². The van der Waals surface area contributed by atoms with Gasteiger partial charge in [-0.1, -0.05) is 64.5 Å². The summed E-state index contributed by atoms with van der Waals surface area (Å²) in [4.78, 5) is 25.4. The molecular weight excluding hydrogens is 428 g/mol. The van der Waals surface area contributed by atoms with E-state index < -0.39 is 6.04 Å². The minimum absolute atomic E-state index is 0.136. The Hall–Kier alpha value is -2.92. The van der Waals surface area contributed by atoms with Crippen molar-refractivity contribution in [3.05, 3.63) is 99.5 Å². The van der Waals surface area contributed by atoms with Crippen LogP contribution < -0.4 is 10.6 Å². The van der Waals surface area contributed by atoms with E-state index in [0.29, 0.717) is 5.56 Å². The Bertz CT molecular complexity index is 1000. The van der Waals surface area contributed by atoms with Crippen LogP contribution in [0.3, 0.4) is 0 Å². The molecule has 0 heterocycles. The first-order chi connectivity index (χ1) is 14.0. The van der Waals surface area contributed by atoms with Gasteiger partial charge in [0.2, 0.25) is 5.91 Å². The summed E-state index contributed by atoms with van der Waals surface area (Å²) < 4.78 is 1.00. The van der Waals surface area contributed by atoms with Crippen LogP contribution >= 0.6 is 15.9 Å². The molecule has 0 aromatic heterocycles. The maximum Gasteiger partial charge on any atom is 0.251 e. The van der Waals surface area contributed by atoms with Gasteiger partial charge in [0, 0.05) is 15.7 Å². The molecule has 3 aromatic rings. The number of carbonyl (C=O) groups is 2. The van der Waals surface area contributed by atoms with Crippen LogP contribution in [0.5, 0.6) is 0 Å². The maximum absolute atomic E-state index is 12.8. The highest BCUT2D eigenvalue weighted by molar-refractivity contribution is 9.10. The lowest BCUT2D eigenvalue weighted by Crippen LogP contribution is -2.31. The molecule has 0 bridgehead atoms. The second-order valence-corrected chi connectivity index (χ2v) is 7.75. The Kier molecular flexibility index (Phi) is 6.83. The molecule has 3 aromatic carbocycles. The molecule has 2 amide bonds. The average molecular weight is 451 g/mol. The minimum Gasteiger partial charge on any atom is -0.345 e. The Labute approximate surface area is 179 Å². The van der Waals surface area contributed by atoms with Crippen LogP contribution in [-0.2, 0) is 4.79 Å². The molecule has 0 aliphatic heterocycles. The summed E-state index contributed by atoms with van der Waals surface area (Å²) in [5, 5.41) is 5.97. The monoisotopic (exact) mass is 450 g/mol. The van der Waals surface area contributed by atoms with Crippen molar-refractivity contribution < 1.29 is 9.59 Å². The molecule has 0 unspecified atom stereocenters. The summed E-state index contributed by atoms with van der Waals surface area (Å²) in [7, 11) is 0. The Morgan fingerprint density at radius 2 is 1.48 bits per heavy atom. The number of carbonyl (C=O) groups excluding carboxylic acids is 2. The molecule has 1 atom stereocenters. The largest absolute Gasteiger partial charge is 0.345 e. The van der Waals surface area contributed by atoms with Gasteiger partial charge in [0.25, 0.3) is 5.91 Å². The van der Waals surface area contributed by atoms with E-state index in [0.717, 1.165) is 26.9 Å². The summed E-state index contributed by atoms with van der Waals surface area (Å²) in [6.45, 7) is 3.98. The second kappa shape index (κ2) is 9.52. The smallest absolute Gasteiger partial charge is 0.251 e. The van der Waals surface area contributed by atoms with Gasteiger partial charge in [0.1, 0.15) is 0 Å². The van der Waals surface area contributed by atoms with Gasteiger partial charge in [-0.05, 0) is 54.8 Å². The van der Waals surface area contributed by atoms with E-state index in [-0.39, 0.29) is 18.2 Å². The van der Waals surface area contributed by atoms with Crippen LogP contribution in [0.4, 0.5) is 5.69 Å². The number of hydrogen-bond donors (Lipinski definition) is 2. The SMILES string of the molecule is Cc1c(Br)ccc(NC(=O)C[C@H](NC(=O)c2ccccc2)c2ccccc2)c1C. The molecule has 4 nitrogen and oxygen atoms in total. The molecule has 0 saturated heterocycles. The van der Waals surface area contributed by atoms with Crippen molar-refractivity contribution in [1.29, 1.82) is 0 Å². The zero-order chi connectivity index (χ0) is 20.8. The van der Waals surface area contributed by atoms with Crippen molar-refractivity contribution in [1.82, 2.24) is 5.32 Å². The van der Waals surface area contributed by atoms with Crippen molar-refractivity contribution in [2.24, 2.45) is 0 Å². The fraction of sp³-hybridized carbons (Fsp3) is 0.167. The average Bonchev–Trinajstić information content (AvgIpc) is 2.75. The minimum atomic E-state index is -0.430. The van der Waals surface area contributed by atoms with Crippen LogP contribution in [0.2, 0.25) is 0 Å². The Morgan fingerprint density at radius 3 is 2.14 bits per heavy atom. The van der Waals surface area contributed by atoms with Gasteiger partial charge < -0.3 is 10.6 Å². The molecule has 0 radical (unpaired) electrons. The van der Waals surface area contributed by atoms with Crippen molar-refractivity contribution in [3.63, 3.8) is 0 Å². The molecule has 5 heteroatoms. The second-order valence-electron chi connectivity index (χ2n) is 6.90. The molecule has 0 spiro atoms. The molecule has 2 N–H and O–H groups in total. The summed E-state index contributed by atoms with van der Waals surface area (Å²) in [5.41, 5.74) is 4.32. The highest BCUT2D eigenvalue weighted by Gasteiger charge is 2.20. The Balaban J connectivity index is 1.77. The van der Waals surface area contributed by atoms with Crippen molar-refractivity contribution in [2.45, 2.75) is 26.3 Å². The van der Waals surface area contributed by atoms with E-state index in [1.165, 1.54) is 0 Å². The number of nitrogens with one attached hydrogen (secondary N) is 2. The standard InChI is InChI=1S/C24H23BrN2O2/c1-16-17(2)21(14-13-20(16)25)26-23(28)15-22(18-9-5-3-6-10-18)27-24(29)19-11-7-4-8-12-19/h3-14,22H,15H2,1-2H3,(H,26,28)(H,27,29)/t22-/m0/s1. The van der Waals surface area contributed by atoms with Crippen LogP contribution in [0.25, 0.3) is 0 Å². The number of halogens is 1. The summed E-state index contributed by atoms with van der Waals surface area (Å²) >= 11 is 3.51. The zero-order valence-electron chi connectivity index (χ0n) is 16.4. The molecule has 3 rings (SSSR count). The predicted molar refractivity (Wildman–Crippen MR) is 120 cm³/mol. The first kappa shape index (κ1) is 20.8. The molecule has 0 aliphatic rings. The zero-order valence-corrected chi connectivity index (χ0v) is 18.0. The fourth-order valence-corrected chi connectivity index (χ4v) is 3.51. The highest BCUT2D eigenvalue weighted by Crippen LogP contribution is 2.26. The number of amides is 2. The molecule has 148 valence electrons. The fourth-order valence-electron chi connectivity index (χ4n) is 3.08. The lowest BCUT2D eigenvalue weighted by Gasteiger charge is -2.20. The van der Waals surface area contributed by atoms with E-state index in [9.17, 15) is 9.59 Å². The van der Waals surface area contributed by atoms with Gasteiger partial charge in [-0.15, -0.1) is 0 Å². The first-order valence-electron chi connectivity index (χ1n) is 9.42. The third kappa shape index (κ3) is 5.33. The Morgan fingerprint density at radius 1 is 0.862 bits per heavy atom. The highest BCUT2D eigenvalue weighted by atomic mass is 79.9. The lowest BCUT2D eigenvalue weighted by molar-refractivity contribution is -0.116. The van der Waals surface area contributed by atoms with Crippen LogP contribution in [0.15, 0.2) is 77.3 Å².